The Kier molecular flexibility index (Phi) is 5.38. The quantitative estimate of drug-likeness (QED) is 0.893. The monoisotopic (exact) mass is 323 g/mol. The highest BCUT2D eigenvalue weighted by Gasteiger charge is 2.36. The van der Waals surface area contributed by atoms with Crippen molar-refractivity contribution >= 4 is 11.8 Å². The van der Waals surface area contributed by atoms with Gasteiger partial charge < -0.3 is 15.5 Å². The zero-order valence-electron chi connectivity index (χ0n) is 14.3. The minimum Gasteiger partial charge on any atom is -0.367 e. The van der Waals surface area contributed by atoms with Crippen LogP contribution in [0.1, 0.15) is 38.2 Å². The van der Waals surface area contributed by atoms with Crippen LogP contribution in [0.3, 0.4) is 0 Å². The standard InChI is InChI=1S/C16H26FN5O/c1-11(2)19-15(23)22-7-5-16(17,6-8-22)10-18-14-9-12(3)20-13(4)21-14/h9,11H,5-8,10H2,1-4H3,(H,19,23)(H,18,20,21). The van der Waals surface area contributed by atoms with E-state index in [9.17, 15) is 9.18 Å². The number of hydrogen-bond donors (Lipinski definition) is 2. The summed E-state index contributed by atoms with van der Waals surface area (Å²) in [5, 5.41) is 5.91. The molecule has 2 N–H and O–H groups in total. The Labute approximate surface area is 136 Å². The molecule has 0 aliphatic carbocycles. The molecule has 0 unspecified atom stereocenters. The van der Waals surface area contributed by atoms with Crippen LogP contribution in [0.15, 0.2) is 6.07 Å². The average molecular weight is 323 g/mol. The van der Waals surface area contributed by atoms with Crippen LogP contribution in [0.4, 0.5) is 15.0 Å². The van der Waals surface area contributed by atoms with Crippen molar-refractivity contribution < 1.29 is 9.18 Å². The number of alkyl halides is 1. The Morgan fingerprint density at radius 2 is 2.00 bits per heavy atom. The summed E-state index contributed by atoms with van der Waals surface area (Å²) in [5.74, 6) is 1.31. The number of carbonyl (C=O) groups is 1. The smallest absolute Gasteiger partial charge is 0.317 e. The van der Waals surface area contributed by atoms with Gasteiger partial charge in [0.05, 0.1) is 6.54 Å². The van der Waals surface area contributed by atoms with Crippen LogP contribution >= 0.6 is 0 Å². The molecule has 0 saturated carbocycles. The molecule has 1 saturated heterocycles. The van der Waals surface area contributed by atoms with Crippen LogP contribution in [0, 0.1) is 13.8 Å². The molecule has 2 rings (SSSR count). The van der Waals surface area contributed by atoms with Crippen LogP contribution in [0.5, 0.6) is 0 Å². The van der Waals surface area contributed by atoms with Gasteiger partial charge in [0.2, 0.25) is 0 Å². The summed E-state index contributed by atoms with van der Waals surface area (Å²) in [6, 6.07) is 1.78. The molecule has 2 amide bonds. The lowest BCUT2D eigenvalue weighted by atomic mass is 9.93. The molecule has 1 aliphatic heterocycles. The molecule has 1 fully saturated rings. The highest BCUT2D eigenvalue weighted by molar-refractivity contribution is 5.74. The summed E-state index contributed by atoms with van der Waals surface area (Å²) < 4.78 is 14.9. The molecule has 0 bridgehead atoms. The van der Waals surface area contributed by atoms with E-state index in [1.54, 1.807) is 4.90 Å². The molecule has 23 heavy (non-hydrogen) atoms. The molecule has 0 spiro atoms. The van der Waals surface area contributed by atoms with Crippen LogP contribution in [-0.2, 0) is 0 Å². The van der Waals surface area contributed by atoms with Crippen LogP contribution in [0.2, 0.25) is 0 Å². The Morgan fingerprint density at radius 1 is 1.35 bits per heavy atom. The number of aryl methyl sites for hydroxylation is 2. The normalized spacial score (nSPS) is 17.2. The van der Waals surface area contributed by atoms with Crippen LogP contribution in [-0.4, -0.2) is 52.2 Å². The molecule has 128 valence electrons. The third-order valence-corrected chi connectivity index (χ3v) is 3.91. The SMILES string of the molecule is Cc1cc(NCC2(F)CCN(C(=O)NC(C)C)CC2)nc(C)n1. The predicted octanol–water partition coefficient (Wildman–Crippen LogP) is 2.43. The number of piperidine rings is 1. The molecule has 1 aromatic heterocycles. The number of amides is 2. The minimum atomic E-state index is -1.32. The van der Waals surface area contributed by atoms with E-state index in [2.05, 4.69) is 20.6 Å². The Morgan fingerprint density at radius 3 is 2.57 bits per heavy atom. The largest absolute Gasteiger partial charge is 0.367 e. The van der Waals surface area contributed by atoms with Crippen molar-refractivity contribution in [3.05, 3.63) is 17.6 Å². The van der Waals surface area contributed by atoms with Gasteiger partial charge in [-0.2, -0.15) is 0 Å². The maximum Gasteiger partial charge on any atom is 0.317 e. The number of nitrogens with zero attached hydrogens (tertiary/aromatic N) is 3. The second-order valence-electron chi connectivity index (χ2n) is 6.54. The molecule has 1 aliphatic rings. The van der Waals surface area contributed by atoms with Crippen LogP contribution in [0.25, 0.3) is 0 Å². The first kappa shape index (κ1) is 17.4. The summed E-state index contributed by atoms with van der Waals surface area (Å²) >= 11 is 0. The van der Waals surface area contributed by atoms with E-state index < -0.39 is 5.67 Å². The predicted molar refractivity (Wildman–Crippen MR) is 88.3 cm³/mol. The number of likely N-dealkylation sites (tertiary alicyclic amines) is 1. The minimum absolute atomic E-state index is 0.0884. The van der Waals surface area contributed by atoms with Crippen molar-refractivity contribution in [3.8, 4) is 0 Å². The molecule has 7 heteroatoms. The van der Waals surface area contributed by atoms with Crippen molar-refractivity contribution in [1.82, 2.24) is 20.2 Å². The van der Waals surface area contributed by atoms with Gasteiger partial charge in [0.1, 0.15) is 17.3 Å². The maximum absolute atomic E-state index is 14.9. The molecule has 0 aromatic carbocycles. The first-order valence-corrected chi connectivity index (χ1v) is 8.08. The van der Waals surface area contributed by atoms with Gasteiger partial charge in [-0.3, -0.25) is 0 Å². The van der Waals surface area contributed by atoms with Gasteiger partial charge in [-0.15, -0.1) is 0 Å². The summed E-state index contributed by atoms with van der Waals surface area (Å²) in [5.41, 5.74) is -0.463. The van der Waals surface area contributed by atoms with Gasteiger partial charge in [0.25, 0.3) is 0 Å². The zero-order chi connectivity index (χ0) is 17.0. The van der Waals surface area contributed by atoms with Gasteiger partial charge in [0, 0.05) is 43.7 Å². The third-order valence-electron chi connectivity index (χ3n) is 3.91. The fourth-order valence-corrected chi connectivity index (χ4v) is 2.68. The molecule has 6 nitrogen and oxygen atoms in total. The van der Waals surface area contributed by atoms with Crippen molar-refractivity contribution in [1.29, 1.82) is 0 Å². The number of anilines is 1. The summed E-state index contributed by atoms with van der Waals surface area (Å²) in [6.45, 7) is 8.58. The summed E-state index contributed by atoms with van der Waals surface area (Å²) in [7, 11) is 0. The second kappa shape index (κ2) is 7.10. The Hall–Kier alpha value is -1.92. The van der Waals surface area contributed by atoms with Crippen molar-refractivity contribution in [2.45, 2.75) is 52.2 Å². The molecule has 0 radical (unpaired) electrons. The highest BCUT2D eigenvalue weighted by Crippen LogP contribution is 2.27. The lowest BCUT2D eigenvalue weighted by Crippen LogP contribution is -2.51. The van der Waals surface area contributed by atoms with E-state index in [-0.39, 0.29) is 18.6 Å². The van der Waals surface area contributed by atoms with E-state index in [0.717, 1.165) is 5.69 Å². The lowest BCUT2D eigenvalue weighted by molar-refractivity contribution is 0.0813. The average Bonchev–Trinajstić information content (AvgIpc) is 2.44. The Bertz CT molecular complexity index is 535. The van der Waals surface area contributed by atoms with Gasteiger partial charge in [-0.25, -0.2) is 19.2 Å². The maximum atomic E-state index is 14.9. The summed E-state index contributed by atoms with van der Waals surface area (Å²) in [6.07, 6.45) is 0.656. The Balaban J connectivity index is 1.86. The van der Waals surface area contributed by atoms with Gasteiger partial charge in [0.15, 0.2) is 0 Å². The van der Waals surface area contributed by atoms with Gasteiger partial charge in [-0.1, -0.05) is 0 Å². The van der Waals surface area contributed by atoms with E-state index in [4.69, 9.17) is 0 Å². The lowest BCUT2D eigenvalue weighted by Gasteiger charge is -2.36. The van der Waals surface area contributed by atoms with Crippen molar-refractivity contribution in [3.63, 3.8) is 0 Å². The van der Waals surface area contributed by atoms with Gasteiger partial charge in [-0.05, 0) is 27.7 Å². The third kappa shape index (κ3) is 5.04. The number of nitrogens with one attached hydrogen (secondary N) is 2. The van der Waals surface area contributed by atoms with E-state index in [1.165, 1.54) is 0 Å². The molecule has 1 aromatic rings. The fraction of sp³-hybridized carbons (Fsp3) is 0.688. The first-order chi connectivity index (χ1) is 10.8. The first-order valence-electron chi connectivity index (χ1n) is 8.08. The second-order valence-corrected chi connectivity index (χ2v) is 6.54. The number of halogens is 1. The van der Waals surface area contributed by atoms with E-state index >= 15 is 0 Å². The van der Waals surface area contributed by atoms with Crippen molar-refractivity contribution in [2.75, 3.05) is 25.0 Å². The molecular weight excluding hydrogens is 297 g/mol. The topological polar surface area (TPSA) is 70.2 Å². The molecular formula is C16H26FN5O. The molecule has 0 atom stereocenters. The zero-order valence-corrected chi connectivity index (χ0v) is 14.3. The molecule has 2 heterocycles. The fourth-order valence-electron chi connectivity index (χ4n) is 2.68. The number of hydrogen-bond acceptors (Lipinski definition) is 4. The number of urea groups is 1. The number of carbonyl (C=O) groups excluding carboxylic acids is 1. The van der Waals surface area contributed by atoms with Crippen LogP contribution < -0.4 is 10.6 Å². The number of rotatable bonds is 4. The van der Waals surface area contributed by atoms with Crippen molar-refractivity contribution in [2.24, 2.45) is 0 Å². The number of aromatic nitrogens is 2. The van der Waals surface area contributed by atoms with E-state index in [1.807, 2.05) is 33.8 Å². The van der Waals surface area contributed by atoms with Gasteiger partial charge >= 0.3 is 6.03 Å². The van der Waals surface area contributed by atoms with E-state index in [0.29, 0.717) is 37.6 Å². The highest BCUT2D eigenvalue weighted by atomic mass is 19.1. The summed E-state index contributed by atoms with van der Waals surface area (Å²) in [4.78, 5) is 22.1.